The Balaban J connectivity index is 1.37. The van der Waals surface area contributed by atoms with Gasteiger partial charge in [0.15, 0.2) is 5.92 Å². The first-order valence-electron chi connectivity index (χ1n) is 11.6. The summed E-state index contributed by atoms with van der Waals surface area (Å²) in [6.45, 7) is 0.0490. The third-order valence-corrected chi connectivity index (χ3v) is 6.44. The Bertz CT molecular complexity index is 1250. The second kappa shape index (κ2) is 9.85. The van der Waals surface area contributed by atoms with Crippen molar-refractivity contribution < 1.29 is 19.4 Å². The Morgan fingerprint density at radius 2 is 1.17 bits per heavy atom. The second-order valence-corrected chi connectivity index (χ2v) is 8.53. The SMILES string of the molecule is O=C(O)C(CN(c1ccccc1)c1ccccc1)C(=O)OCC1c2ccccc2-c2ccccc21. The van der Waals surface area contributed by atoms with E-state index in [0.29, 0.717) is 0 Å². The first-order chi connectivity index (χ1) is 17.1. The molecule has 0 fully saturated rings. The lowest BCUT2D eigenvalue weighted by atomic mass is 9.98. The van der Waals surface area contributed by atoms with Gasteiger partial charge in [0.1, 0.15) is 6.61 Å². The molecule has 4 aromatic rings. The number of carboxylic acid groups (broad SMARTS) is 1. The molecule has 35 heavy (non-hydrogen) atoms. The molecule has 1 aliphatic rings. The number of carbonyl (C=O) groups is 2. The van der Waals surface area contributed by atoms with Crippen LogP contribution in [0.15, 0.2) is 109 Å². The number of ether oxygens (including phenoxy) is 1. The van der Waals surface area contributed by atoms with Gasteiger partial charge in [-0.2, -0.15) is 0 Å². The highest BCUT2D eigenvalue weighted by atomic mass is 16.5. The minimum atomic E-state index is -1.35. The van der Waals surface area contributed by atoms with E-state index >= 15 is 0 Å². The van der Waals surface area contributed by atoms with Gasteiger partial charge in [-0.3, -0.25) is 9.59 Å². The van der Waals surface area contributed by atoms with Crippen molar-refractivity contribution in [3.63, 3.8) is 0 Å². The van der Waals surface area contributed by atoms with E-state index in [0.717, 1.165) is 33.6 Å². The van der Waals surface area contributed by atoms with Crippen LogP contribution in [0.25, 0.3) is 11.1 Å². The van der Waals surface area contributed by atoms with E-state index in [1.54, 1.807) is 0 Å². The normalized spacial score (nSPS) is 12.9. The molecule has 5 heteroatoms. The Hall–Kier alpha value is -4.38. The van der Waals surface area contributed by atoms with Crippen LogP contribution in [-0.4, -0.2) is 30.2 Å². The summed E-state index contributed by atoms with van der Waals surface area (Å²) in [6, 6.07) is 35.0. The number of carbonyl (C=O) groups excluding carboxylic acids is 1. The van der Waals surface area contributed by atoms with Crippen molar-refractivity contribution in [1.82, 2.24) is 0 Å². The molecule has 0 heterocycles. The molecule has 1 N–H and O–H groups in total. The van der Waals surface area contributed by atoms with Gasteiger partial charge in [0.25, 0.3) is 0 Å². The lowest BCUT2D eigenvalue weighted by molar-refractivity contribution is -0.158. The highest BCUT2D eigenvalue weighted by molar-refractivity contribution is 5.95. The van der Waals surface area contributed by atoms with Crippen LogP contribution in [0.4, 0.5) is 11.4 Å². The van der Waals surface area contributed by atoms with Gasteiger partial charge in [0.05, 0.1) is 0 Å². The number of rotatable bonds is 8. The summed E-state index contributed by atoms with van der Waals surface area (Å²) in [5.41, 5.74) is 6.02. The summed E-state index contributed by atoms with van der Waals surface area (Å²) >= 11 is 0. The predicted octanol–water partition coefficient (Wildman–Crippen LogP) is 5.88. The molecule has 5 rings (SSSR count). The maximum atomic E-state index is 13.1. The molecule has 0 radical (unpaired) electrons. The van der Waals surface area contributed by atoms with Crippen molar-refractivity contribution in [2.24, 2.45) is 5.92 Å². The Labute approximate surface area is 204 Å². The molecule has 0 saturated heterocycles. The summed E-state index contributed by atoms with van der Waals surface area (Å²) in [6.07, 6.45) is 0. The molecular formula is C30H25NO4. The van der Waals surface area contributed by atoms with Gasteiger partial charge in [-0.15, -0.1) is 0 Å². The van der Waals surface area contributed by atoms with Crippen LogP contribution in [0.2, 0.25) is 0 Å². The smallest absolute Gasteiger partial charge is 0.322 e. The first-order valence-corrected chi connectivity index (χ1v) is 11.6. The fourth-order valence-electron chi connectivity index (χ4n) is 4.72. The molecule has 174 valence electrons. The summed E-state index contributed by atoms with van der Waals surface area (Å²) in [5.74, 6) is -3.42. The van der Waals surface area contributed by atoms with Gasteiger partial charge in [-0.05, 0) is 46.5 Å². The quantitative estimate of drug-likeness (QED) is 0.261. The molecule has 0 amide bonds. The van der Waals surface area contributed by atoms with E-state index in [-0.39, 0.29) is 19.1 Å². The van der Waals surface area contributed by atoms with Crippen LogP contribution in [0, 0.1) is 5.92 Å². The first kappa shape index (κ1) is 22.4. The van der Waals surface area contributed by atoms with E-state index in [9.17, 15) is 14.7 Å². The van der Waals surface area contributed by atoms with Crippen LogP contribution >= 0.6 is 0 Å². The van der Waals surface area contributed by atoms with Crippen molar-refractivity contribution in [1.29, 1.82) is 0 Å². The van der Waals surface area contributed by atoms with Crippen LogP contribution < -0.4 is 4.90 Å². The summed E-state index contributed by atoms with van der Waals surface area (Å²) in [7, 11) is 0. The average Bonchev–Trinajstić information content (AvgIpc) is 3.22. The molecule has 1 aliphatic carbocycles. The Morgan fingerprint density at radius 3 is 1.66 bits per heavy atom. The molecule has 0 spiro atoms. The Morgan fingerprint density at radius 1 is 0.714 bits per heavy atom. The monoisotopic (exact) mass is 463 g/mol. The molecule has 5 nitrogen and oxygen atoms in total. The summed E-state index contributed by atoms with van der Waals surface area (Å²) in [5, 5.41) is 9.97. The second-order valence-electron chi connectivity index (χ2n) is 8.53. The van der Waals surface area contributed by atoms with E-state index in [1.807, 2.05) is 102 Å². The van der Waals surface area contributed by atoms with Crippen molar-refractivity contribution >= 4 is 23.3 Å². The topological polar surface area (TPSA) is 66.8 Å². The van der Waals surface area contributed by atoms with Gasteiger partial charge >= 0.3 is 11.9 Å². The standard InChI is InChI=1S/C30H25NO4/c32-29(33)27(19-31(21-11-3-1-4-12-21)22-13-5-2-6-14-22)30(34)35-20-28-25-17-9-7-15-23(25)24-16-8-10-18-26(24)28/h1-18,27-28H,19-20H2,(H,32,33). The lowest BCUT2D eigenvalue weighted by Gasteiger charge is -2.27. The minimum Gasteiger partial charge on any atom is -0.481 e. The molecule has 4 aromatic carbocycles. The Kier molecular flexibility index (Phi) is 6.31. The van der Waals surface area contributed by atoms with E-state index in [2.05, 4.69) is 12.1 Å². The van der Waals surface area contributed by atoms with Gasteiger partial charge in [0.2, 0.25) is 0 Å². The molecule has 1 unspecified atom stereocenters. The third-order valence-electron chi connectivity index (χ3n) is 6.44. The van der Waals surface area contributed by atoms with Gasteiger partial charge in [0, 0.05) is 23.8 Å². The van der Waals surface area contributed by atoms with Gasteiger partial charge < -0.3 is 14.7 Å². The number of esters is 1. The highest BCUT2D eigenvalue weighted by Crippen LogP contribution is 2.44. The number of aliphatic carboxylic acids is 1. The predicted molar refractivity (Wildman–Crippen MR) is 136 cm³/mol. The fraction of sp³-hybridized carbons (Fsp3) is 0.133. The number of anilines is 2. The van der Waals surface area contributed by atoms with Gasteiger partial charge in [-0.1, -0.05) is 84.9 Å². The third kappa shape index (κ3) is 4.53. The summed E-state index contributed by atoms with van der Waals surface area (Å²) < 4.78 is 5.69. The van der Waals surface area contributed by atoms with Crippen LogP contribution in [-0.2, 0) is 14.3 Å². The largest absolute Gasteiger partial charge is 0.481 e. The minimum absolute atomic E-state index is 0.0416. The molecule has 0 aromatic heterocycles. The molecule has 0 aliphatic heterocycles. The molecule has 0 bridgehead atoms. The van der Waals surface area contributed by atoms with Crippen LogP contribution in [0.3, 0.4) is 0 Å². The van der Waals surface area contributed by atoms with E-state index in [4.69, 9.17) is 4.74 Å². The van der Waals surface area contributed by atoms with Crippen LogP contribution in [0.1, 0.15) is 17.0 Å². The fourth-order valence-corrected chi connectivity index (χ4v) is 4.72. The maximum absolute atomic E-state index is 13.1. The van der Waals surface area contributed by atoms with Gasteiger partial charge in [-0.25, -0.2) is 0 Å². The lowest BCUT2D eigenvalue weighted by Crippen LogP contribution is -2.37. The van der Waals surface area contributed by atoms with Crippen LogP contribution in [0.5, 0.6) is 0 Å². The van der Waals surface area contributed by atoms with Crippen molar-refractivity contribution in [2.45, 2.75) is 5.92 Å². The number of nitrogens with zero attached hydrogens (tertiary/aromatic N) is 1. The maximum Gasteiger partial charge on any atom is 0.322 e. The number of hydrogen-bond donors (Lipinski definition) is 1. The summed E-state index contributed by atoms with van der Waals surface area (Å²) in [4.78, 5) is 27.2. The highest BCUT2D eigenvalue weighted by Gasteiger charge is 2.34. The zero-order valence-corrected chi connectivity index (χ0v) is 19.1. The van der Waals surface area contributed by atoms with E-state index < -0.39 is 17.9 Å². The zero-order chi connectivity index (χ0) is 24.2. The number of benzene rings is 4. The molecular weight excluding hydrogens is 438 g/mol. The number of hydrogen-bond acceptors (Lipinski definition) is 4. The molecule has 0 saturated carbocycles. The van der Waals surface area contributed by atoms with Crippen molar-refractivity contribution in [2.75, 3.05) is 18.1 Å². The van der Waals surface area contributed by atoms with Crippen molar-refractivity contribution in [3.05, 3.63) is 120 Å². The number of fused-ring (bicyclic) bond motifs is 3. The zero-order valence-electron chi connectivity index (χ0n) is 19.1. The van der Waals surface area contributed by atoms with Crippen molar-refractivity contribution in [3.8, 4) is 11.1 Å². The van der Waals surface area contributed by atoms with E-state index in [1.165, 1.54) is 0 Å². The number of para-hydroxylation sites is 2. The molecule has 1 atom stereocenters. The average molecular weight is 464 g/mol. The number of carboxylic acids is 1.